The summed E-state index contributed by atoms with van der Waals surface area (Å²) in [7, 11) is -1.73. The Hall–Kier alpha value is -0.393. The Morgan fingerprint density at radius 2 is 1.81 bits per heavy atom. The van der Waals surface area contributed by atoms with Crippen LogP contribution in [0.5, 0.6) is 0 Å². The van der Waals surface area contributed by atoms with Crippen LogP contribution in [0, 0.1) is 0 Å². The Kier molecular flexibility index (Phi) is 4.33. The molecule has 0 aliphatic heterocycles. The van der Waals surface area contributed by atoms with Crippen LogP contribution in [0.3, 0.4) is 0 Å². The molecule has 0 radical (unpaired) electrons. The lowest BCUT2D eigenvalue weighted by molar-refractivity contribution is -0.121. The van der Waals surface area contributed by atoms with Crippen molar-refractivity contribution in [1.82, 2.24) is 5.32 Å². The van der Waals surface area contributed by atoms with Crippen molar-refractivity contribution in [2.75, 3.05) is 6.54 Å². The van der Waals surface area contributed by atoms with E-state index in [9.17, 15) is 4.79 Å². The van der Waals surface area contributed by atoms with Crippen molar-refractivity contribution in [3.8, 4) is 0 Å². The van der Waals surface area contributed by atoms with Crippen LogP contribution < -0.4 is 11.1 Å². The van der Waals surface area contributed by atoms with E-state index in [2.05, 4.69) is 39.2 Å². The number of primary amides is 1. The highest BCUT2D eigenvalue weighted by atomic mass is 28.4. The fraction of sp³-hybridized carbons (Fsp3) is 0.938. The van der Waals surface area contributed by atoms with Gasteiger partial charge in [-0.25, -0.2) is 0 Å². The van der Waals surface area contributed by atoms with Gasteiger partial charge >= 0.3 is 0 Å². The van der Waals surface area contributed by atoms with Gasteiger partial charge in [0.15, 0.2) is 8.32 Å². The standard InChI is InChI=1S/C16H32N2O2Si/c1-14(2,3)21(4,5)20-15(7-6-8-15)11-12-18-16(9-10-16)13(17)19/h18H,6-12H2,1-5H3,(H2,17,19). The van der Waals surface area contributed by atoms with Gasteiger partial charge in [0.2, 0.25) is 5.91 Å². The molecule has 0 bridgehead atoms. The van der Waals surface area contributed by atoms with Gasteiger partial charge in [-0.2, -0.15) is 0 Å². The Labute approximate surface area is 130 Å². The lowest BCUT2D eigenvalue weighted by Gasteiger charge is -2.50. The van der Waals surface area contributed by atoms with Gasteiger partial charge in [0.25, 0.3) is 0 Å². The number of hydrogen-bond acceptors (Lipinski definition) is 3. The van der Waals surface area contributed by atoms with Crippen molar-refractivity contribution in [2.24, 2.45) is 5.73 Å². The number of hydrogen-bond donors (Lipinski definition) is 2. The summed E-state index contributed by atoms with van der Waals surface area (Å²) in [5.41, 5.74) is 5.11. The largest absolute Gasteiger partial charge is 0.411 e. The van der Waals surface area contributed by atoms with Crippen LogP contribution in [0.4, 0.5) is 0 Å². The molecule has 0 unspecified atom stereocenters. The molecule has 0 heterocycles. The van der Waals surface area contributed by atoms with Gasteiger partial charge in [0.05, 0.1) is 11.1 Å². The highest BCUT2D eigenvalue weighted by Crippen LogP contribution is 2.46. The van der Waals surface area contributed by atoms with Gasteiger partial charge in [0, 0.05) is 0 Å². The second kappa shape index (κ2) is 5.35. The fourth-order valence-corrected chi connectivity index (χ4v) is 4.53. The molecule has 0 aromatic heterocycles. The van der Waals surface area contributed by atoms with Crippen LogP contribution in [0.2, 0.25) is 18.1 Å². The molecule has 122 valence electrons. The van der Waals surface area contributed by atoms with Crippen molar-refractivity contribution in [1.29, 1.82) is 0 Å². The van der Waals surface area contributed by atoms with E-state index >= 15 is 0 Å². The van der Waals surface area contributed by atoms with Crippen LogP contribution in [0.1, 0.15) is 59.3 Å². The third kappa shape index (κ3) is 3.51. The van der Waals surface area contributed by atoms with Crippen LogP contribution >= 0.6 is 0 Å². The molecule has 3 N–H and O–H groups in total. The number of carbonyl (C=O) groups is 1. The molecular weight excluding hydrogens is 280 g/mol. The maximum absolute atomic E-state index is 11.4. The lowest BCUT2D eigenvalue weighted by atomic mass is 9.78. The highest BCUT2D eigenvalue weighted by molar-refractivity contribution is 6.74. The fourth-order valence-electron chi connectivity index (χ4n) is 2.83. The second-order valence-electron chi connectivity index (χ2n) is 8.52. The van der Waals surface area contributed by atoms with E-state index in [1.165, 1.54) is 6.42 Å². The van der Waals surface area contributed by atoms with Gasteiger partial charge in [-0.1, -0.05) is 20.8 Å². The van der Waals surface area contributed by atoms with E-state index < -0.39 is 13.9 Å². The normalized spacial score (nSPS) is 23.5. The third-order valence-electron chi connectivity index (χ3n) is 5.81. The molecule has 2 fully saturated rings. The van der Waals surface area contributed by atoms with Crippen molar-refractivity contribution in [2.45, 2.75) is 88.6 Å². The van der Waals surface area contributed by atoms with Gasteiger partial charge in [-0.15, -0.1) is 0 Å². The number of carbonyl (C=O) groups excluding carboxylic acids is 1. The number of rotatable bonds is 7. The first-order valence-electron chi connectivity index (χ1n) is 8.27. The zero-order chi connectivity index (χ0) is 15.9. The summed E-state index contributed by atoms with van der Waals surface area (Å²) in [4.78, 5) is 11.4. The Balaban J connectivity index is 1.89. The molecule has 5 heteroatoms. The van der Waals surface area contributed by atoms with Gasteiger partial charge in [-0.3, -0.25) is 4.79 Å². The molecular formula is C16H32N2O2Si. The number of nitrogens with two attached hydrogens (primary N) is 1. The molecule has 0 aromatic carbocycles. The Morgan fingerprint density at radius 3 is 2.14 bits per heavy atom. The predicted molar refractivity (Wildman–Crippen MR) is 88.6 cm³/mol. The molecule has 2 saturated carbocycles. The molecule has 0 saturated heterocycles. The number of nitrogens with one attached hydrogen (secondary N) is 1. The molecule has 1 amide bonds. The van der Waals surface area contributed by atoms with E-state index in [1.54, 1.807) is 0 Å². The molecule has 2 aliphatic carbocycles. The summed E-state index contributed by atoms with van der Waals surface area (Å²) >= 11 is 0. The first kappa shape index (κ1) is 17.0. The van der Waals surface area contributed by atoms with Crippen molar-refractivity contribution >= 4 is 14.2 Å². The minimum Gasteiger partial charge on any atom is -0.411 e. The molecule has 0 atom stereocenters. The molecule has 0 aromatic rings. The predicted octanol–water partition coefficient (Wildman–Crippen LogP) is 2.93. The Morgan fingerprint density at radius 1 is 1.24 bits per heavy atom. The summed E-state index contributed by atoms with van der Waals surface area (Å²) in [5, 5.41) is 3.62. The van der Waals surface area contributed by atoms with E-state index in [4.69, 9.17) is 10.2 Å². The molecule has 0 spiro atoms. The van der Waals surface area contributed by atoms with Crippen LogP contribution in [0.25, 0.3) is 0 Å². The molecule has 21 heavy (non-hydrogen) atoms. The summed E-state index contributed by atoms with van der Waals surface area (Å²) in [6.07, 6.45) is 6.34. The second-order valence-corrected chi connectivity index (χ2v) is 13.2. The summed E-state index contributed by atoms with van der Waals surface area (Å²) in [6.45, 7) is 12.3. The zero-order valence-electron chi connectivity index (χ0n) is 14.3. The molecule has 4 nitrogen and oxygen atoms in total. The van der Waals surface area contributed by atoms with Crippen molar-refractivity contribution in [3.05, 3.63) is 0 Å². The van der Waals surface area contributed by atoms with E-state index in [0.29, 0.717) is 0 Å². The summed E-state index contributed by atoms with van der Waals surface area (Å²) < 4.78 is 6.70. The first-order chi connectivity index (χ1) is 9.52. The quantitative estimate of drug-likeness (QED) is 0.710. The van der Waals surface area contributed by atoms with Gasteiger partial charge in [-0.05, 0) is 63.2 Å². The average Bonchev–Trinajstić information content (AvgIpc) is 3.05. The molecule has 2 aliphatic rings. The SMILES string of the molecule is CC(C)(C)[Si](C)(C)OC1(CCNC2(C(N)=O)CC2)CCC1. The highest BCUT2D eigenvalue weighted by Gasteiger charge is 2.50. The maximum atomic E-state index is 11.4. The third-order valence-corrected chi connectivity index (χ3v) is 10.4. The van der Waals surface area contributed by atoms with Crippen LogP contribution in [-0.2, 0) is 9.22 Å². The van der Waals surface area contributed by atoms with Crippen molar-refractivity contribution < 1.29 is 9.22 Å². The topological polar surface area (TPSA) is 64.3 Å². The van der Waals surface area contributed by atoms with E-state index in [1.807, 2.05) is 0 Å². The Bertz CT molecular complexity index is 407. The van der Waals surface area contributed by atoms with Crippen LogP contribution in [-0.4, -0.2) is 31.9 Å². The van der Waals surface area contributed by atoms with Gasteiger partial charge < -0.3 is 15.5 Å². The van der Waals surface area contributed by atoms with Crippen LogP contribution in [0.15, 0.2) is 0 Å². The summed E-state index contributed by atoms with van der Waals surface area (Å²) in [6, 6.07) is 0. The van der Waals surface area contributed by atoms with E-state index in [0.717, 1.165) is 38.6 Å². The smallest absolute Gasteiger partial charge is 0.237 e. The monoisotopic (exact) mass is 312 g/mol. The number of amides is 1. The average molecular weight is 313 g/mol. The minimum atomic E-state index is -1.73. The first-order valence-corrected chi connectivity index (χ1v) is 11.2. The zero-order valence-corrected chi connectivity index (χ0v) is 15.3. The van der Waals surface area contributed by atoms with Crippen molar-refractivity contribution in [3.63, 3.8) is 0 Å². The summed E-state index contributed by atoms with van der Waals surface area (Å²) in [5.74, 6) is -0.199. The minimum absolute atomic E-state index is 0.0454. The van der Waals surface area contributed by atoms with Gasteiger partial charge in [0.1, 0.15) is 0 Å². The van der Waals surface area contributed by atoms with E-state index in [-0.39, 0.29) is 16.5 Å². The molecule has 2 rings (SSSR count). The lowest BCUT2D eigenvalue weighted by Crippen LogP contribution is -2.54. The maximum Gasteiger partial charge on any atom is 0.237 e.